The Labute approximate surface area is 168 Å². The maximum absolute atomic E-state index is 12.1. The quantitative estimate of drug-likeness (QED) is 0.578. The van der Waals surface area contributed by atoms with Gasteiger partial charge in [0.1, 0.15) is 5.75 Å². The standard InChI is InChI=1S/C21H22F2N2O4/c1-27-19-13-16(14-24)6-9-18(19)28-12-2-3-20(26)25-11-10-15-4-7-17(8-5-15)29-21(22)23/h4-9,13,21H,2-3,10-12H2,1H3,(H,25,26). The van der Waals surface area contributed by atoms with Gasteiger partial charge in [-0.2, -0.15) is 14.0 Å². The third-order valence-corrected chi connectivity index (χ3v) is 3.98. The minimum absolute atomic E-state index is 0.0990. The first-order valence-corrected chi connectivity index (χ1v) is 9.03. The van der Waals surface area contributed by atoms with Crippen molar-refractivity contribution in [2.45, 2.75) is 25.9 Å². The molecule has 0 aliphatic rings. The summed E-state index contributed by atoms with van der Waals surface area (Å²) in [7, 11) is 1.50. The number of ether oxygens (including phenoxy) is 3. The monoisotopic (exact) mass is 404 g/mol. The molecule has 2 aromatic rings. The number of amides is 1. The van der Waals surface area contributed by atoms with Crippen LogP contribution in [0.5, 0.6) is 17.2 Å². The van der Waals surface area contributed by atoms with Crippen LogP contribution in [0.15, 0.2) is 42.5 Å². The Hall–Kier alpha value is -3.34. The van der Waals surface area contributed by atoms with Crippen molar-refractivity contribution < 1.29 is 27.8 Å². The van der Waals surface area contributed by atoms with Gasteiger partial charge in [0.05, 0.1) is 25.3 Å². The van der Waals surface area contributed by atoms with Gasteiger partial charge in [0, 0.05) is 19.0 Å². The lowest BCUT2D eigenvalue weighted by Gasteiger charge is -2.11. The van der Waals surface area contributed by atoms with Crippen molar-refractivity contribution in [3.05, 3.63) is 53.6 Å². The Morgan fingerprint density at radius 3 is 2.59 bits per heavy atom. The summed E-state index contributed by atoms with van der Waals surface area (Å²) in [5.74, 6) is 0.995. The second-order valence-electron chi connectivity index (χ2n) is 6.05. The Balaban J connectivity index is 1.64. The number of nitrogens with one attached hydrogen (secondary N) is 1. The van der Waals surface area contributed by atoms with Crippen LogP contribution in [0.1, 0.15) is 24.0 Å². The molecule has 8 heteroatoms. The molecule has 0 heterocycles. The SMILES string of the molecule is COc1cc(C#N)ccc1OCCCC(=O)NCCc1ccc(OC(F)F)cc1. The van der Waals surface area contributed by atoms with Crippen LogP contribution in [0.2, 0.25) is 0 Å². The van der Waals surface area contributed by atoms with Crippen LogP contribution >= 0.6 is 0 Å². The number of halogens is 2. The second-order valence-corrected chi connectivity index (χ2v) is 6.05. The highest BCUT2D eigenvalue weighted by Gasteiger charge is 2.07. The highest BCUT2D eigenvalue weighted by Crippen LogP contribution is 2.27. The zero-order valence-corrected chi connectivity index (χ0v) is 16.0. The van der Waals surface area contributed by atoms with Crippen LogP contribution in [0.3, 0.4) is 0 Å². The van der Waals surface area contributed by atoms with Crippen LogP contribution in [-0.4, -0.2) is 32.8 Å². The summed E-state index contributed by atoms with van der Waals surface area (Å²) in [5, 5.41) is 11.7. The fourth-order valence-corrected chi connectivity index (χ4v) is 2.54. The molecule has 0 aliphatic carbocycles. The van der Waals surface area contributed by atoms with Gasteiger partial charge in [-0.25, -0.2) is 0 Å². The number of methoxy groups -OCH3 is 1. The molecule has 0 spiro atoms. The lowest BCUT2D eigenvalue weighted by Crippen LogP contribution is -2.25. The van der Waals surface area contributed by atoms with E-state index in [1.807, 2.05) is 6.07 Å². The molecule has 0 aliphatic heterocycles. The normalized spacial score (nSPS) is 10.3. The smallest absolute Gasteiger partial charge is 0.387 e. The molecule has 0 saturated heterocycles. The molecule has 1 amide bonds. The van der Waals surface area contributed by atoms with Gasteiger partial charge in [-0.3, -0.25) is 4.79 Å². The second kappa shape index (κ2) is 11.5. The molecule has 0 bridgehead atoms. The molecule has 154 valence electrons. The summed E-state index contributed by atoms with van der Waals surface area (Å²) in [6, 6.07) is 13.2. The molecule has 0 radical (unpaired) electrons. The van der Waals surface area contributed by atoms with E-state index in [1.165, 1.54) is 19.2 Å². The third-order valence-electron chi connectivity index (χ3n) is 3.98. The molecule has 0 saturated carbocycles. The Morgan fingerprint density at radius 2 is 1.93 bits per heavy atom. The number of hydrogen-bond donors (Lipinski definition) is 1. The van der Waals surface area contributed by atoms with E-state index >= 15 is 0 Å². The summed E-state index contributed by atoms with van der Waals surface area (Å²) >= 11 is 0. The molecule has 0 unspecified atom stereocenters. The summed E-state index contributed by atoms with van der Waals surface area (Å²) < 4.78 is 39.3. The van der Waals surface area contributed by atoms with Gasteiger partial charge in [-0.15, -0.1) is 0 Å². The van der Waals surface area contributed by atoms with Crippen LogP contribution < -0.4 is 19.5 Å². The van der Waals surface area contributed by atoms with Crippen molar-refractivity contribution in [1.29, 1.82) is 5.26 Å². The molecule has 0 fully saturated rings. The predicted octanol–water partition coefficient (Wildman–Crippen LogP) is 3.69. The zero-order chi connectivity index (χ0) is 21.1. The number of rotatable bonds is 11. The van der Waals surface area contributed by atoms with Crippen LogP contribution in [0.25, 0.3) is 0 Å². The maximum atomic E-state index is 12.1. The van der Waals surface area contributed by atoms with Crippen molar-refractivity contribution in [3.8, 4) is 23.3 Å². The average Bonchev–Trinajstić information content (AvgIpc) is 2.72. The number of alkyl halides is 2. The van der Waals surface area contributed by atoms with Gasteiger partial charge in [0.2, 0.25) is 5.91 Å². The number of nitriles is 1. The lowest BCUT2D eigenvalue weighted by atomic mass is 10.1. The summed E-state index contributed by atoms with van der Waals surface area (Å²) in [5.41, 5.74) is 1.38. The van der Waals surface area contributed by atoms with Gasteiger partial charge in [0.25, 0.3) is 0 Å². The molecular formula is C21H22F2N2O4. The first kappa shape index (κ1) is 22.0. The largest absolute Gasteiger partial charge is 0.493 e. The minimum Gasteiger partial charge on any atom is -0.493 e. The molecule has 1 N–H and O–H groups in total. The van der Waals surface area contributed by atoms with Crippen LogP contribution in [-0.2, 0) is 11.2 Å². The van der Waals surface area contributed by atoms with E-state index in [4.69, 9.17) is 14.7 Å². The van der Waals surface area contributed by atoms with Crippen molar-refractivity contribution in [2.24, 2.45) is 0 Å². The van der Waals surface area contributed by atoms with E-state index in [9.17, 15) is 13.6 Å². The molecule has 2 aromatic carbocycles. The van der Waals surface area contributed by atoms with E-state index in [-0.39, 0.29) is 11.7 Å². The number of hydrogen-bond acceptors (Lipinski definition) is 5. The maximum Gasteiger partial charge on any atom is 0.387 e. The topological polar surface area (TPSA) is 80.6 Å². The fourth-order valence-electron chi connectivity index (χ4n) is 2.54. The summed E-state index contributed by atoms with van der Waals surface area (Å²) in [6.07, 6.45) is 1.41. The Kier molecular flexibility index (Phi) is 8.70. The van der Waals surface area contributed by atoms with Gasteiger partial charge < -0.3 is 19.5 Å². The highest BCUT2D eigenvalue weighted by atomic mass is 19.3. The fraction of sp³-hybridized carbons (Fsp3) is 0.333. The van der Waals surface area contributed by atoms with Gasteiger partial charge in [-0.1, -0.05) is 12.1 Å². The molecule has 2 rings (SSSR count). The third kappa shape index (κ3) is 7.66. The number of benzene rings is 2. The van der Waals surface area contributed by atoms with Gasteiger partial charge in [-0.05, 0) is 42.7 Å². The van der Waals surface area contributed by atoms with Gasteiger partial charge in [0.15, 0.2) is 11.5 Å². The van der Waals surface area contributed by atoms with Crippen molar-refractivity contribution in [3.63, 3.8) is 0 Å². The van der Waals surface area contributed by atoms with Crippen molar-refractivity contribution >= 4 is 5.91 Å². The van der Waals surface area contributed by atoms with Crippen molar-refractivity contribution in [1.82, 2.24) is 5.32 Å². The van der Waals surface area contributed by atoms with E-state index < -0.39 is 6.61 Å². The van der Waals surface area contributed by atoms with Gasteiger partial charge >= 0.3 is 6.61 Å². The van der Waals surface area contributed by atoms with E-state index in [0.29, 0.717) is 49.5 Å². The highest BCUT2D eigenvalue weighted by molar-refractivity contribution is 5.75. The van der Waals surface area contributed by atoms with Crippen molar-refractivity contribution in [2.75, 3.05) is 20.3 Å². The number of carbonyl (C=O) groups excluding carboxylic acids is 1. The van der Waals surface area contributed by atoms with Crippen LogP contribution in [0.4, 0.5) is 8.78 Å². The lowest BCUT2D eigenvalue weighted by molar-refractivity contribution is -0.121. The zero-order valence-electron chi connectivity index (χ0n) is 16.0. The molecule has 29 heavy (non-hydrogen) atoms. The molecule has 6 nitrogen and oxygen atoms in total. The van der Waals surface area contributed by atoms with E-state index in [1.54, 1.807) is 30.3 Å². The Morgan fingerprint density at radius 1 is 1.17 bits per heavy atom. The number of carbonyl (C=O) groups is 1. The van der Waals surface area contributed by atoms with E-state index in [2.05, 4.69) is 10.1 Å². The predicted molar refractivity (Wildman–Crippen MR) is 102 cm³/mol. The first-order chi connectivity index (χ1) is 14.0. The summed E-state index contributed by atoms with van der Waals surface area (Å²) in [6.45, 7) is -2.07. The average molecular weight is 404 g/mol. The Bertz CT molecular complexity index is 836. The first-order valence-electron chi connectivity index (χ1n) is 9.03. The molecule has 0 aromatic heterocycles. The molecular weight excluding hydrogens is 382 g/mol. The minimum atomic E-state index is -2.85. The number of nitrogens with zero attached hydrogens (tertiary/aromatic N) is 1. The summed E-state index contributed by atoms with van der Waals surface area (Å²) in [4.78, 5) is 11.9. The van der Waals surface area contributed by atoms with E-state index in [0.717, 1.165) is 5.56 Å². The van der Waals surface area contributed by atoms with Crippen LogP contribution in [0, 0.1) is 11.3 Å². The molecule has 0 atom stereocenters.